The van der Waals surface area contributed by atoms with Gasteiger partial charge >= 0.3 is 0 Å². The van der Waals surface area contributed by atoms with Crippen LogP contribution in [0.4, 0.5) is 0 Å². The van der Waals surface area contributed by atoms with Gasteiger partial charge in [-0.25, -0.2) is 0 Å². The third-order valence-corrected chi connectivity index (χ3v) is 6.10. The fraction of sp³-hybridized carbons (Fsp3) is 1.00. The van der Waals surface area contributed by atoms with Crippen molar-refractivity contribution >= 4 is 0 Å². The normalized spacial score (nSPS) is 12.6. The van der Waals surface area contributed by atoms with Crippen molar-refractivity contribution in [2.45, 2.75) is 170 Å². The molecule has 0 aliphatic carbocycles. The highest BCUT2D eigenvalue weighted by Crippen LogP contribution is 2.23. The minimum atomic E-state index is 0.534. The summed E-state index contributed by atoms with van der Waals surface area (Å²) in [5.74, 6) is 0. The molecule has 0 spiro atoms. The summed E-state index contributed by atoms with van der Waals surface area (Å²) in [5.41, 5.74) is 1.07. The van der Waals surface area contributed by atoms with Crippen molar-refractivity contribution in [3.8, 4) is 0 Å². The van der Waals surface area contributed by atoms with Gasteiger partial charge in [-0.2, -0.15) is 0 Å². The zero-order valence-electron chi connectivity index (χ0n) is 21.1. The second-order valence-corrected chi connectivity index (χ2v) is 12.0. The Labute approximate surface area is 181 Å². The molecule has 0 aromatic rings. The number of hydrogen-bond acceptors (Lipinski definition) is 0. The quantitative estimate of drug-likeness (QED) is 0.191. The van der Waals surface area contributed by atoms with Crippen molar-refractivity contribution in [3.05, 3.63) is 0 Å². The van der Waals surface area contributed by atoms with Crippen LogP contribution in [0.25, 0.3) is 0 Å². The first kappa shape index (κ1) is 28.0. The van der Waals surface area contributed by atoms with E-state index in [0.29, 0.717) is 10.8 Å². The molecule has 0 atom stereocenters. The molecule has 0 bridgehead atoms. The van der Waals surface area contributed by atoms with Gasteiger partial charge in [0.2, 0.25) is 0 Å². The first-order valence-electron chi connectivity index (χ1n) is 13.2. The molecule has 0 rings (SSSR count). The van der Waals surface area contributed by atoms with Crippen molar-refractivity contribution < 1.29 is 0 Å². The van der Waals surface area contributed by atoms with Crippen LogP contribution in [0.5, 0.6) is 0 Å². The molecule has 0 aromatic heterocycles. The summed E-state index contributed by atoms with van der Waals surface area (Å²) in [5, 5.41) is 0. The van der Waals surface area contributed by atoms with Crippen LogP contribution < -0.4 is 0 Å². The van der Waals surface area contributed by atoms with Crippen LogP contribution in [0.3, 0.4) is 0 Å². The standard InChI is InChI=1S/C28H58/c1-27(2,3)25-23-21-19-17-15-13-11-9-7-8-10-12-14-16-18-20-22-24-26-28(4,5)6/h7-26H2,1-6H3. The van der Waals surface area contributed by atoms with Gasteiger partial charge in [0.25, 0.3) is 0 Å². The Morgan fingerprint density at radius 2 is 0.393 bits per heavy atom. The Bertz CT molecular complexity index is 269. The van der Waals surface area contributed by atoms with Crippen LogP contribution in [0, 0.1) is 10.8 Å². The van der Waals surface area contributed by atoms with E-state index in [2.05, 4.69) is 41.5 Å². The monoisotopic (exact) mass is 394 g/mol. The van der Waals surface area contributed by atoms with E-state index >= 15 is 0 Å². The van der Waals surface area contributed by atoms with Crippen molar-refractivity contribution in [1.29, 1.82) is 0 Å². The maximum atomic E-state index is 2.36. The van der Waals surface area contributed by atoms with Gasteiger partial charge in [0, 0.05) is 0 Å². The largest absolute Gasteiger partial charge is 0.0602 e. The van der Waals surface area contributed by atoms with Crippen molar-refractivity contribution in [2.75, 3.05) is 0 Å². The smallest absolute Gasteiger partial charge is 0.0383 e. The summed E-state index contributed by atoms with van der Waals surface area (Å²) in [4.78, 5) is 0. The van der Waals surface area contributed by atoms with E-state index in [1.54, 1.807) is 0 Å². The van der Waals surface area contributed by atoms with Gasteiger partial charge in [-0.15, -0.1) is 0 Å². The predicted molar refractivity (Wildman–Crippen MR) is 131 cm³/mol. The lowest BCUT2D eigenvalue weighted by atomic mass is 9.89. The van der Waals surface area contributed by atoms with Crippen molar-refractivity contribution in [1.82, 2.24) is 0 Å². The Kier molecular flexibility index (Phi) is 17.8. The highest BCUT2D eigenvalue weighted by molar-refractivity contribution is 4.62. The Morgan fingerprint density at radius 1 is 0.250 bits per heavy atom. The van der Waals surface area contributed by atoms with Crippen LogP contribution in [-0.2, 0) is 0 Å². The summed E-state index contributed by atoms with van der Waals surface area (Å²) in [7, 11) is 0. The van der Waals surface area contributed by atoms with Crippen LogP contribution >= 0.6 is 0 Å². The topological polar surface area (TPSA) is 0 Å². The molecular formula is C28H58. The molecule has 0 N–H and O–H groups in total. The predicted octanol–water partition coefficient (Wildman–Crippen LogP) is 10.9. The molecule has 0 amide bonds. The Hall–Kier alpha value is 0. The van der Waals surface area contributed by atoms with Crippen molar-refractivity contribution in [2.24, 2.45) is 10.8 Å². The zero-order chi connectivity index (χ0) is 21.1. The molecule has 0 heteroatoms. The number of hydrogen-bond donors (Lipinski definition) is 0. The molecule has 0 saturated carbocycles. The SMILES string of the molecule is CC(C)(C)CCCCCCCCCCCCCCCCCCCCC(C)(C)C. The molecule has 0 radical (unpaired) electrons. The third kappa shape index (κ3) is 26.0. The first-order chi connectivity index (χ1) is 13.2. The van der Waals surface area contributed by atoms with Gasteiger partial charge in [0.15, 0.2) is 0 Å². The first-order valence-corrected chi connectivity index (χ1v) is 13.2. The van der Waals surface area contributed by atoms with E-state index in [1.807, 2.05) is 0 Å². The minimum absolute atomic E-state index is 0.534. The second-order valence-electron chi connectivity index (χ2n) is 12.0. The van der Waals surface area contributed by atoms with Gasteiger partial charge < -0.3 is 0 Å². The molecule has 0 saturated heterocycles. The molecular weight excluding hydrogens is 336 g/mol. The fourth-order valence-electron chi connectivity index (χ4n) is 4.14. The van der Waals surface area contributed by atoms with Gasteiger partial charge in [0.1, 0.15) is 0 Å². The summed E-state index contributed by atoms with van der Waals surface area (Å²) in [6.07, 6.45) is 29.2. The van der Waals surface area contributed by atoms with E-state index in [0.717, 1.165) is 0 Å². The zero-order valence-corrected chi connectivity index (χ0v) is 21.1. The maximum absolute atomic E-state index is 2.36. The molecule has 0 aromatic carbocycles. The molecule has 0 aliphatic rings. The molecule has 28 heavy (non-hydrogen) atoms. The van der Waals surface area contributed by atoms with Crippen LogP contribution in [0.15, 0.2) is 0 Å². The van der Waals surface area contributed by atoms with E-state index in [-0.39, 0.29) is 0 Å². The minimum Gasteiger partial charge on any atom is -0.0602 e. The van der Waals surface area contributed by atoms with Gasteiger partial charge in [0.05, 0.1) is 0 Å². The molecule has 0 heterocycles. The van der Waals surface area contributed by atoms with Crippen LogP contribution in [-0.4, -0.2) is 0 Å². The van der Waals surface area contributed by atoms with Gasteiger partial charge in [-0.3, -0.25) is 0 Å². The Balaban J connectivity index is 3.07. The Morgan fingerprint density at radius 3 is 0.536 bits per heavy atom. The lowest BCUT2D eigenvalue weighted by Crippen LogP contribution is -2.03. The fourth-order valence-corrected chi connectivity index (χ4v) is 4.14. The maximum Gasteiger partial charge on any atom is -0.0383 e. The number of unbranched alkanes of at least 4 members (excludes halogenated alkanes) is 17. The highest BCUT2D eigenvalue weighted by atomic mass is 14.1. The van der Waals surface area contributed by atoms with E-state index < -0.39 is 0 Å². The lowest BCUT2D eigenvalue weighted by molar-refractivity contribution is 0.356. The molecule has 0 unspecified atom stereocenters. The molecule has 0 fully saturated rings. The lowest BCUT2D eigenvalue weighted by Gasteiger charge is -2.17. The summed E-state index contributed by atoms with van der Waals surface area (Å²) in [6, 6.07) is 0. The van der Waals surface area contributed by atoms with Crippen molar-refractivity contribution in [3.63, 3.8) is 0 Å². The van der Waals surface area contributed by atoms with Crippen LogP contribution in [0.2, 0.25) is 0 Å². The van der Waals surface area contributed by atoms with E-state index in [9.17, 15) is 0 Å². The third-order valence-electron chi connectivity index (χ3n) is 6.10. The van der Waals surface area contributed by atoms with Crippen LogP contribution in [0.1, 0.15) is 170 Å². The summed E-state index contributed by atoms with van der Waals surface area (Å²) < 4.78 is 0. The highest BCUT2D eigenvalue weighted by Gasteiger charge is 2.09. The summed E-state index contributed by atoms with van der Waals surface area (Å²) >= 11 is 0. The molecule has 170 valence electrons. The average molecular weight is 395 g/mol. The van der Waals surface area contributed by atoms with E-state index in [4.69, 9.17) is 0 Å². The molecule has 0 nitrogen and oxygen atoms in total. The second kappa shape index (κ2) is 17.8. The van der Waals surface area contributed by atoms with Gasteiger partial charge in [-0.05, 0) is 23.7 Å². The number of rotatable bonds is 19. The van der Waals surface area contributed by atoms with E-state index in [1.165, 1.54) is 128 Å². The average Bonchev–Trinajstić information content (AvgIpc) is 2.58. The summed E-state index contributed by atoms with van der Waals surface area (Å²) in [6.45, 7) is 14.2. The van der Waals surface area contributed by atoms with Gasteiger partial charge in [-0.1, -0.05) is 157 Å². The molecule has 0 aliphatic heterocycles.